The third kappa shape index (κ3) is 3.31. The standard InChI is InChI=1S/C15H16ClFN2/c1-11(13-7-3-4-8-14(13)17)19(2)10-12-6-5-9-18-15(12)16/h3-9,11H,10H2,1-2H3. The second-order valence-electron chi connectivity index (χ2n) is 4.57. The Labute approximate surface area is 117 Å². The van der Waals surface area contributed by atoms with Crippen LogP contribution in [0.4, 0.5) is 4.39 Å². The highest BCUT2D eigenvalue weighted by Crippen LogP contribution is 2.24. The molecule has 19 heavy (non-hydrogen) atoms. The van der Waals surface area contributed by atoms with Crippen LogP contribution in [0.15, 0.2) is 42.6 Å². The molecule has 0 spiro atoms. The first kappa shape index (κ1) is 14.0. The van der Waals surface area contributed by atoms with Gasteiger partial charge < -0.3 is 0 Å². The summed E-state index contributed by atoms with van der Waals surface area (Å²) >= 11 is 6.04. The van der Waals surface area contributed by atoms with E-state index in [1.54, 1.807) is 18.3 Å². The molecule has 0 fully saturated rings. The highest BCUT2D eigenvalue weighted by atomic mass is 35.5. The number of nitrogens with zero attached hydrogens (tertiary/aromatic N) is 2. The van der Waals surface area contributed by atoms with Crippen molar-refractivity contribution in [2.45, 2.75) is 19.5 Å². The predicted molar refractivity (Wildman–Crippen MR) is 75.5 cm³/mol. The maximum absolute atomic E-state index is 13.8. The summed E-state index contributed by atoms with van der Waals surface area (Å²) in [5.74, 6) is -0.181. The van der Waals surface area contributed by atoms with E-state index < -0.39 is 0 Å². The quantitative estimate of drug-likeness (QED) is 0.784. The Balaban J connectivity index is 2.14. The Kier molecular flexibility index (Phi) is 4.51. The Morgan fingerprint density at radius 1 is 1.26 bits per heavy atom. The van der Waals surface area contributed by atoms with Crippen molar-refractivity contribution in [2.24, 2.45) is 0 Å². The lowest BCUT2D eigenvalue weighted by Gasteiger charge is -2.25. The first-order chi connectivity index (χ1) is 9.09. The minimum absolute atomic E-state index is 0.0301. The first-order valence-corrected chi connectivity index (χ1v) is 6.51. The van der Waals surface area contributed by atoms with Crippen LogP contribution in [0.5, 0.6) is 0 Å². The summed E-state index contributed by atoms with van der Waals surface area (Å²) in [6.07, 6.45) is 1.66. The van der Waals surface area contributed by atoms with E-state index in [0.717, 1.165) is 5.56 Å². The Morgan fingerprint density at radius 3 is 2.68 bits per heavy atom. The van der Waals surface area contributed by atoms with Gasteiger partial charge >= 0.3 is 0 Å². The van der Waals surface area contributed by atoms with Crippen molar-refractivity contribution >= 4 is 11.6 Å². The number of rotatable bonds is 4. The van der Waals surface area contributed by atoms with Crippen molar-refractivity contribution in [2.75, 3.05) is 7.05 Å². The van der Waals surface area contributed by atoms with Gasteiger partial charge in [0.1, 0.15) is 11.0 Å². The molecule has 0 amide bonds. The molecule has 0 aliphatic rings. The zero-order chi connectivity index (χ0) is 13.8. The van der Waals surface area contributed by atoms with Crippen molar-refractivity contribution in [3.8, 4) is 0 Å². The Bertz CT molecular complexity index is 559. The third-order valence-electron chi connectivity index (χ3n) is 3.27. The lowest BCUT2D eigenvalue weighted by Crippen LogP contribution is -2.23. The van der Waals surface area contributed by atoms with Crippen LogP contribution >= 0.6 is 11.6 Å². The van der Waals surface area contributed by atoms with Crippen molar-refractivity contribution in [1.29, 1.82) is 0 Å². The van der Waals surface area contributed by atoms with Gasteiger partial charge in [-0.15, -0.1) is 0 Å². The Morgan fingerprint density at radius 2 is 2.00 bits per heavy atom. The molecule has 2 nitrogen and oxygen atoms in total. The van der Waals surface area contributed by atoms with E-state index in [1.165, 1.54) is 6.07 Å². The summed E-state index contributed by atoms with van der Waals surface area (Å²) in [4.78, 5) is 6.09. The second-order valence-corrected chi connectivity index (χ2v) is 4.92. The van der Waals surface area contributed by atoms with Gasteiger partial charge in [-0.2, -0.15) is 0 Å². The van der Waals surface area contributed by atoms with Gasteiger partial charge in [-0.05, 0) is 26.1 Å². The summed E-state index contributed by atoms with van der Waals surface area (Å²) < 4.78 is 13.8. The minimum Gasteiger partial charge on any atom is -0.295 e. The van der Waals surface area contributed by atoms with Crippen LogP contribution in [0, 0.1) is 5.82 Å². The van der Waals surface area contributed by atoms with E-state index in [2.05, 4.69) is 4.98 Å². The lowest BCUT2D eigenvalue weighted by molar-refractivity contribution is 0.247. The zero-order valence-electron chi connectivity index (χ0n) is 11.0. The number of halogens is 2. The van der Waals surface area contributed by atoms with Gasteiger partial charge in [0.15, 0.2) is 0 Å². The minimum atomic E-state index is -0.181. The molecule has 1 aromatic heterocycles. The van der Waals surface area contributed by atoms with Gasteiger partial charge in [0.2, 0.25) is 0 Å². The third-order valence-corrected chi connectivity index (χ3v) is 3.61. The lowest BCUT2D eigenvalue weighted by atomic mass is 10.1. The number of pyridine rings is 1. The second kappa shape index (κ2) is 6.13. The van der Waals surface area contributed by atoms with E-state index in [0.29, 0.717) is 17.3 Å². The molecule has 0 bridgehead atoms. The van der Waals surface area contributed by atoms with Crippen LogP contribution in [-0.2, 0) is 6.54 Å². The summed E-state index contributed by atoms with van der Waals surface area (Å²) in [6.45, 7) is 2.60. The molecule has 0 saturated heterocycles. The van der Waals surface area contributed by atoms with Crippen molar-refractivity contribution in [3.63, 3.8) is 0 Å². The topological polar surface area (TPSA) is 16.1 Å². The molecular formula is C15H16ClFN2. The zero-order valence-corrected chi connectivity index (χ0v) is 11.7. The molecule has 1 atom stereocenters. The van der Waals surface area contributed by atoms with Crippen molar-refractivity contribution in [3.05, 3.63) is 64.7 Å². The summed E-state index contributed by atoms with van der Waals surface area (Å²) in [5.41, 5.74) is 1.62. The number of hydrogen-bond acceptors (Lipinski definition) is 2. The normalized spacial score (nSPS) is 12.7. The van der Waals surface area contributed by atoms with E-state index in [1.807, 2.05) is 37.1 Å². The van der Waals surface area contributed by atoms with Gasteiger partial charge in [0.05, 0.1) is 0 Å². The molecule has 2 rings (SSSR count). The van der Waals surface area contributed by atoms with Crippen LogP contribution in [0.3, 0.4) is 0 Å². The number of benzene rings is 1. The fourth-order valence-corrected chi connectivity index (χ4v) is 2.17. The molecule has 0 N–H and O–H groups in total. The molecule has 1 heterocycles. The van der Waals surface area contributed by atoms with Crippen molar-refractivity contribution < 1.29 is 4.39 Å². The van der Waals surface area contributed by atoms with E-state index in [-0.39, 0.29) is 11.9 Å². The predicted octanol–water partition coefficient (Wildman–Crippen LogP) is 4.07. The van der Waals surface area contributed by atoms with Crippen LogP contribution in [0.25, 0.3) is 0 Å². The molecular weight excluding hydrogens is 263 g/mol. The number of hydrogen-bond donors (Lipinski definition) is 0. The van der Waals surface area contributed by atoms with Crippen LogP contribution in [-0.4, -0.2) is 16.9 Å². The highest BCUT2D eigenvalue weighted by Gasteiger charge is 2.16. The SMILES string of the molecule is CC(c1ccccc1F)N(C)Cc1cccnc1Cl. The van der Waals surface area contributed by atoms with E-state index in [9.17, 15) is 4.39 Å². The fourth-order valence-electron chi connectivity index (χ4n) is 1.99. The van der Waals surface area contributed by atoms with Gasteiger partial charge in [-0.3, -0.25) is 4.90 Å². The molecule has 0 saturated carbocycles. The average Bonchev–Trinajstić information content (AvgIpc) is 2.41. The van der Waals surface area contributed by atoms with Gasteiger partial charge in [-0.25, -0.2) is 9.37 Å². The molecule has 4 heteroatoms. The van der Waals surface area contributed by atoms with Gasteiger partial charge in [0, 0.05) is 29.9 Å². The van der Waals surface area contributed by atoms with Crippen molar-refractivity contribution in [1.82, 2.24) is 9.88 Å². The molecule has 0 radical (unpaired) electrons. The van der Waals surface area contributed by atoms with Gasteiger partial charge in [-0.1, -0.05) is 35.9 Å². The van der Waals surface area contributed by atoms with Gasteiger partial charge in [0.25, 0.3) is 0 Å². The molecule has 1 unspecified atom stereocenters. The van der Waals surface area contributed by atoms with Crippen LogP contribution < -0.4 is 0 Å². The molecule has 2 aromatic rings. The van der Waals surface area contributed by atoms with E-state index in [4.69, 9.17) is 11.6 Å². The smallest absolute Gasteiger partial charge is 0.133 e. The monoisotopic (exact) mass is 278 g/mol. The van der Waals surface area contributed by atoms with Crippen LogP contribution in [0.2, 0.25) is 5.15 Å². The van der Waals surface area contributed by atoms with E-state index >= 15 is 0 Å². The first-order valence-electron chi connectivity index (χ1n) is 6.13. The molecule has 0 aliphatic carbocycles. The summed E-state index contributed by atoms with van der Waals surface area (Å²) in [7, 11) is 1.94. The molecule has 1 aromatic carbocycles. The largest absolute Gasteiger partial charge is 0.295 e. The highest BCUT2D eigenvalue weighted by molar-refractivity contribution is 6.30. The fraction of sp³-hybridized carbons (Fsp3) is 0.267. The summed E-state index contributed by atoms with van der Waals surface area (Å²) in [5, 5.41) is 0.495. The Hall–Kier alpha value is -1.45. The van der Waals surface area contributed by atoms with Crippen LogP contribution in [0.1, 0.15) is 24.1 Å². The number of aromatic nitrogens is 1. The molecule has 100 valence electrons. The maximum Gasteiger partial charge on any atom is 0.133 e. The average molecular weight is 279 g/mol. The summed E-state index contributed by atoms with van der Waals surface area (Å²) in [6, 6.07) is 10.6. The maximum atomic E-state index is 13.8. The molecule has 0 aliphatic heterocycles.